The molecule has 6 nitrogen and oxygen atoms in total. The molecule has 3 rings (SSSR count). The summed E-state index contributed by atoms with van der Waals surface area (Å²) in [4.78, 5) is 16.5. The van der Waals surface area contributed by atoms with Crippen molar-refractivity contribution in [1.82, 2.24) is 15.2 Å². The van der Waals surface area contributed by atoms with Crippen molar-refractivity contribution in [3.8, 4) is 0 Å². The molecule has 0 saturated heterocycles. The Morgan fingerprint density at radius 3 is 2.77 bits per heavy atom. The number of H-pyrrole nitrogens is 1. The van der Waals surface area contributed by atoms with Crippen molar-refractivity contribution in [3.63, 3.8) is 0 Å². The molecule has 0 fully saturated rings. The summed E-state index contributed by atoms with van der Waals surface area (Å²) in [5.74, 6) is -1.21. The zero-order chi connectivity index (χ0) is 18.7. The van der Waals surface area contributed by atoms with Crippen LogP contribution in [-0.4, -0.2) is 26.1 Å². The number of nitrogens with zero attached hydrogens (tertiary/aromatic N) is 2. The Morgan fingerprint density at radius 1 is 1.27 bits per heavy atom. The van der Waals surface area contributed by atoms with E-state index >= 15 is 0 Å². The molecule has 134 valence electrons. The minimum Gasteiger partial charge on any atom is -0.504 e. The predicted octanol–water partition coefficient (Wildman–Crippen LogP) is 4.35. The molecular formula is C16H10F3N3O3S. The standard InChI is InChI=1S/C16H10F3N3O3S/c17-16(18,19)9-2-1-3-10(4-9)26-11-5-14(25-7-11)12(23)6-13(24)15-20-8-21-22-15/h1-8,24H,(H,20,21,22). The number of aromatic nitrogens is 3. The summed E-state index contributed by atoms with van der Waals surface area (Å²) in [6, 6.07) is 6.17. The molecule has 0 saturated carbocycles. The van der Waals surface area contributed by atoms with Gasteiger partial charge in [-0.2, -0.15) is 18.3 Å². The predicted molar refractivity (Wildman–Crippen MR) is 85.6 cm³/mol. The van der Waals surface area contributed by atoms with Gasteiger partial charge in [0.1, 0.15) is 12.6 Å². The summed E-state index contributed by atoms with van der Waals surface area (Å²) in [5, 5.41) is 15.7. The number of allylic oxidation sites excluding steroid dienone is 1. The van der Waals surface area contributed by atoms with Gasteiger partial charge in [-0.05, 0) is 18.2 Å². The molecule has 0 aliphatic rings. The number of carbonyl (C=O) groups excluding carboxylic acids is 1. The van der Waals surface area contributed by atoms with Gasteiger partial charge in [0.05, 0.1) is 10.5 Å². The summed E-state index contributed by atoms with van der Waals surface area (Å²) in [6.45, 7) is 0. The molecule has 0 spiro atoms. The molecule has 10 heteroatoms. The number of halogens is 3. The molecule has 3 aromatic rings. The van der Waals surface area contributed by atoms with Crippen molar-refractivity contribution in [3.05, 3.63) is 66.1 Å². The number of aliphatic hydroxyl groups excluding tert-OH is 1. The Hall–Kier alpha value is -3.01. The van der Waals surface area contributed by atoms with Crippen LogP contribution >= 0.6 is 11.8 Å². The molecule has 2 aromatic heterocycles. The number of aromatic amines is 1. The summed E-state index contributed by atoms with van der Waals surface area (Å²) < 4.78 is 43.3. The average molecular weight is 381 g/mol. The van der Waals surface area contributed by atoms with Gasteiger partial charge in [0.15, 0.2) is 11.5 Å². The maximum Gasteiger partial charge on any atom is 0.416 e. The fraction of sp³-hybridized carbons (Fsp3) is 0.0625. The number of aliphatic hydroxyl groups is 1. The van der Waals surface area contributed by atoms with E-state index in [1.54, 1.807) is 0 Å². The molecule has 0 unspecified atom stereocenters. The highest BCUT2D eigenvalue weighted by Crippen LogP contribution is 2.35. The van der Waals surface area contributed by atoms with E-state index in [0.717, 1.165) is 30.0 Å². The monoisotopic (exact) mass is 381 g/mol. The quantitative estimate of drug-likeness (QED) is 0.388. The zero-order valence-corrected chi connectivity index (χ0v) is 13.6. The second kappa shape index (κ2) is 7.08. The van der Waals surface area contributed by atoms with E-state index in [1.807, 2.05) is 0 Å². The van der Waals surface area contributed by atoms with Gasteiger partial charge in [-0.25, -0.2) is 4.98 Å². The molecule has 0 aliphatic heterocycles. The second-order valence-electron chi connectivity index (χ2n) is 4.99. The Labute approximate surface area is 148 Å². The normalized spacial score (nSPS) is 12.3. The highest BCUT2D eigenvalue weighted by molar-refractivity contribution is 7.99. The van der Waals surface area contributed by atoms with E-state index in [0.29, 0.717) is 9.79 Å². The van der Waals surface area contributed by atoms with Crippen molar-refractivity contribution < 1.29 is 27.5 Å². The van der Waals surface area contributed by atoms with Crippen molar-refractivity contribution >= 4 is 23.3 Å². The number of hydrogen-bond donors (Lipinski definition) is 2. The van der Waals surface area contributed by atoms with E-state index in [9.17, 15) is 23.1 Å². The minimum atomic E-state index is -4.43. The fourth-order valence-corrected chi connectivity index (χ4v) is 2.83. The zero-order valence-electron chi connectivity index (χ0n) is 12.8. The van der Waals surface area contributed by atoms with Crippen molar-refractivity contribution in [1.29, 1.82) is 0 Å². The average Bonchev–Trinajstić information content (AvgIpc) is 3.26. The topological polar surface area (TPSA) is 92.0 Å². The van der Waals surface area contributed by atoms with Crippen LogP contribution in [0.25, 0.3) is 5.76 Å². The van der Waals surface area contributed by atoms with Crippen LogP contribution in [-0.2, 0) is 6.18 Å². The Bertz CT molecular complexity index is 949. The van der Waals surface area contributed by atoms with Crippen LogP contribution in [0.5, 0.6) is 0 Å². The molecule has 26 heavy (non-hydrogen) atoms. The number of alkyl halides is 3. The van der Waals surface area contributed by atoms with Gasteiger partial charge in [-0.15, -0.1) is 0 Å². The summed E-state index contributed by atoms with van der Waals surface area (Å²) in [6.07, 6.45) is -1.06. The third-order valence-corrected chi connectivity index (χ3v) is 4.07. The number of rotatable bonds is 5. The number of benzene rings is 1. The molecule has 0 atom stereocenters. The Balaban J connectivity index is 1.74. The highest BCUT2D eigenvalue weighted by atomic mass is 32.2. The van der Waals surface area contributed by atoms with E-state index < -0.39 is 23.3 Å². The summed E-state index contributed by atoms with van der Waals surface area (Å²) >= 11 is 1.01. The molecule has 2 N–H and O–H groups in total. The molecule has 0 radical (unpaired) electrons. The van der Waals surface area contributed by atoms with E-state index in [1.165, 1.54) is 30.8 Å². The van der Waals surface area contributed by atoms with Crippen LogP contribution in [0.4, 0.5) is 13.2 Å². The summed E-state index contributed by atoms with van der Waals surface area (Å²) in [5.41, 5.74) is -0.762. The first-order valence-electron chi connectivity index (χ1n) is 7.08. The lowest BCUT2D eigenvalue weighted by Crippen LogP contribution is -2.04. The van der Waals surface area contributed by atoms with Crippen LogP contribution in [0.3, 0.4) is 0 Å². The van der Waals surface area contributed by atoms with Gasteiger partial charge in [-0.1, -0.05) is 17.8 Å². The van der Waals surface area contributed by atoms with Gasteiger partial charge in [0, 0.05) is 17.0 Å². The Kier molecular flexibility index (Phi) is 4.85. The SMILES string of the molecule is O=C(C=C(O)c1nc[nH]n1)c1cc(Sc2cccc(C(F)(F)F)c2)co1. The van der Waals surface area contributed by atoms with Gasteiger partial charge in [0.2, 0.25) is 11.6 Å². The van der Waals surface area contributed by atoms with Gasteiger partial charge >= 0.3 is 6.18 Å². The van der Waals surface area contributed by atoms with Gasteiger partial charge in [0.25, 0.3) is 0 Å². The maximum atomic E-state index is 12.7. The number of furan rings is 1. The van der Waals surface area contributed by atoms with Crippen LogP contribution in [0.2, 0.25) is 0 Å². The third kappa shape index (κ3) is 4.14. The molecular weight excluding hydrogens is 371 g/mol. The van der Waals surface area contributed by atoms with Crippen molar-refractivity contribution in [2.75, 3.05) is 0 Å². The van der Waals surface area contributed by atoms with Crippen LogP contribution < -0.4 is 0 Å². The maximum absolute atomic E-state index is 12.7. The lowest BCUT2D eigenvalue weighted by atomic mass is 10.2. The van der Waals surface area contributed by atoms with Crippen molar-refractivity contribution in [2.45, 2.75) is 16.0 Å². The second-order valence-corrected chi connectivity index (χ2v) is 6.14. The first-order valence-corrected chi connectivity index (χ1v) is 7.89. The van der Waals surface area contributed by atoms with Crippen LogP contribution in [0.15, 0.2) is 63.2 Å². The minimum absolute atomic E-state index is 0.0523. The molecule has 1 aromatic carbocycles. The number of ketones is 1. The van der Waals surface area contributed by atoms with Crippen LogP contribution in [0.1, 0.15) is 21.9 Å². The molecule has 0 aliphatic carbocycles. The van der Waals surface area contributed by atoms with Gasteiger partial charge < -0.3 is 9.52 Å². The van der Waals surface area contributed by atoms with Crippen LogP contribution in [0, 0.1) is 0 Å². The molecule has 2 heterocycles. The fourth-order valence-electron chi connectivity index (χ4n) is 1.97. The first kappa shape index (κ1) is 17.8. The lowest BCUT2D eigenvalue weighted by molar-refractivity contribution is -0.137. The van der Waals surface area contributed by atoms with E-state index in [-0.39, 0.29) is 11.6 Å². The number of hydrogen-bond acceptors (Lipinski definition) is 6. The van der Waals surface area contributed by atoms with E-state index in [4.69, 9.17) is 4.42 Å². The van der Waals surface area contributed by atoms with Crippen molar-refractivity contribution in [2.24, 2.45) is 0 Å². The summed E-state index contributed by atoms with van der Waals surface area (Å²) in [7, 11) is 0. The highest BCUT2D eigenvalue weighted by Gasteiger charge is 2.30. The smallest absolute Gasteiger partial charge is 0.416 e. The number of nitrogens with one attached hydrogen (secondary N) is 1. The van der Waals surface area contributed by atoms with E-state index in [2.05, 4.69) is 15.2 Å². The number of carbonyl (C=O) groups is 1. The largest absolute Gasteiger partial charge is 0.504 e. The van der Waals surface area contributed by atoms with Gasteiger partial charge in [-0.3, -0.25) is 9.89 Å². The first-order chi connectivity index (χ1) is 12.3. The Morgan fingerprint density at radius 2 is 2.08 bits per heavy atom. The third-order valence-electron chi connectivity index (χ3n) is 3.13. The molecule has 0 amide bonds. The lowest BCUT2D eigenvalue weighted by Gasteiger charge is -2.07. The molecule has 0 bridgehead atoms.